The van der Waals surface area contributed by atoms with Crippen LogP contribution in [0.25, 0.3) is 16.3 Å². The number of rotatable bonds is 4. The van der Waals surface area contributed by atoms with Gasteiger partial charge in [0.25, 0.3) is 5.91 Å². The fourth-order valence-corrected chi connectivity index (χ4v) is 4.19. The molecule has 6 nitrogen and oxygen atoms in total. The molecule has 28 heavy (non-hydrogen) atoms. The van der Waals surface area contributed by atoms with Gasteiger partial charge in [-0.05, 0) is 55.6 Å². The van der Waals surface area contributed by atoms with E-state index >= 15 is 0 Å². The Morgan fingerprint density at radius 3 is 2.50 bits per heavy atom. The second-order valence-corrected chi connectivity index (χ2v) is 7.92. The van der Waals surface area contributed by atoms with Gasteiger partial charge in [0.15, 0.2) is 0 Å². The molecule has 1 amide bonds. The Bertz CT molecular complexity index is 940. The molecule has 2 atom stereocenters. The van der Waals surface area contributed by atoms with Gasteiger partial charge in [0.1, 0.15) is 17.1 Å². The molecule has 2 aromatic heterocycles. The molecule has 4 rings (SSSR count). The number of thiophene rings is 1. The van der Waals surface area contributed by atoms with E-state index in [1.54, 1.807) is 23.1 Å². The predicted molar refractivity (Wildman–Crippen MR) is 109 cm³/mol. The molecule has 3 heterocycles. The van der Waals surface area contributed by atoms with Gasteiger partial charge in [0.2, 0.25) is 0 Å². The zero-order valence-electron chi connectivity index (χ0n) is 16.2. The zero-order valence-corrected chi connectivity index (χ0v) is 17.0. The number of ether oxygens (including phenoxy) is 2. The highest BCUT2D eigenvalue weighted by Crippen LogP contribution is 2.27. The van der Waals surface area contributed by atoms with E-state index in [2.05, 4.69) is 0 Å². The second kappa shape index (κ2) is 7.77. The third-order valence-electron chi connectivity index (χ3n) is 4.73. The molecule has 0 radical (unpaired) electrons. The molecule has 146 valence electrons. The van der Waals surface area contributed by atoms with Crippen LogP contribution in [0.15, 0.2) is 47.8 Å². The largest absolute Gasteiger partial charge is 0.497 e. The normalized spacial score (nSPS) is 19.6. The number of carbonyl (C=O) groups is 1. The van der Waals surface area contributed by atoms with Crippen molar-refractivity contribution >= 4 is 17.2 Å². The number of methoxy groups -OCH3 is 1. The molecule has 0 unspecified atom stereocenters. The van der Waals surface area contributed by atoms with Crippen molar-refractivity contribution < 1.29 is 14.3 Å². The molecule has 0 aliphatic carbocycles. The van der Waals surface area contributed by atoms with Gasteiger partial charge >= 0.3 is 0 Å². The Morgan fingerprint density at radius 1 is 1.18 bits per heavy atom. The van der Waals surface area contributed by atoms with Crippen LogP contribution in [0.2, 0.25) is 0 Å². The van der Waals surface area contributed by atoms with Crippen LogP contribution in [0.4, 0.5) is 0 Å². The van der Waals surface area contributed by atoms with Crippen LogP contribution < -0.4 is 4.74 Å². The molecule has 0 bridgehead atoms. The minimum absolute atomic E-state index is 0.0156. The fraction of sp³-hybridized carbons (Fsp3) is 0.333. The van der Waals surface area contributed by atoms with Crippen molar-refractivity contribution in [3.8, 4) is 22.0 Å². The lowest BCUT2D eigenvalue weighted by molar-refractivity contribution is -0.0588. The van der Waals surface area contributed by atoms with Crippen LogP contribution in [-0.4, -0.2) is 53.0 Å². The SMILES string of the molecule is COc1ccc(-n2nc(-c3cccs3)cc2C(=O)N2C[C@H](C)O[C@@H](C)C2)cc1. The number of hydrogen-bond donors (Lipinski definition) is 0. The van der Waals surface area contributed by atoms with Crippen molar-refractivity contribution in [1.29, 1.82) is 0 Å². The van der Waals surface area contributed by atoms with E-state index in [1.165, 1.54) is 0 Å². The van der Waals surface area contributed by atoms with E-state index in [4.69, 9.17) is 14.6 Å². The Labute approximate surface area is 168 Å². The third-order valence-corrected chi connectivity index (χ3v) is 5.62. The van der Waals surface area contributed by atoms with Gasteiger partial charge in [0.05, 0.1) is 29.9 Å². The third kappa shape index (κ3) is 3.68. The lowest BCUT2D eigenvalue weighted by Crippen LogP contribution is -2.48. The summed E-state index contributed by atoms with van der Waals surface area (Å²) in [5.41, 5.74) is 2.17. The van der Waals surface area contributed by atoms with E-state index in [-0.39, 0.29) is 18.1 Å². The second-order valence-electron chi connectivity index (χ2n) is 6.97. The van der Waals surface area contributed by atoms with E-state index in [0.717, 1.165) is 22.0 Å². The van der Waals surface area contributed by atoms with Crippen molar-refractivity contribution in [2.24, 2.45) is 0 Å². The summed E-state index contributed by atoms with van der Waals surface area (Å²) in [7, 11) is 1.63. The van der Waals surface area contributed by atoms with Crippen molar-refractivity contribution in [2.75, 3.05) is 20.2 Å². The number of morpholine rings is 1. The zero-order chi connectivity index (χ0) is 19.7. The van der Waals surface area contributed by atoms with Crippen LogP contribution in [0.5, 0.6) is 5.75 Å². The molecule has 0 saturated carbocycles. The van der Waals surface area contributed by atoms with Crippen LogP contribution in [0, 0.1) is 0 Å². The number of benzene rings is 1. The Kier molecular flexibility index (Phi) is 5.19. The van der Waals surface area contributed by atoms with Gasteiger partial charge in [-0.1, -0.05) is 6.07 Å². The summed E-state index contributed by atoms with van der Waals surface area (Å²) in [6.07, 6.45) is 0.0312. The highest BCUT2D eigenvalue weighted by atomic mass is 32.1. The Balaban J connectivity index is 1.74. The maximum absolute atomic E-state index is 13.4. The van der Waals surface area contributed by atoms with Crippen LogP contribution >= 0.6 is 11.3 Å². The summed E-state index contributed by atoms with van der Waals surface area (Å²) in [5, 5.41) is 6.75. The summed E-state index contributed by atoms with van der Waals surface area (Å²) >= 11 is 1.61. The monoisotopic (exact) mass is 397 g/mol. The minimum atomic E-state index is -0.0341. The van der Waals surface area contributed by atoms with Crippen LogP contribution in [-0.2, 0) is 4.74 Å². The van der Waals surface area contributed by atoms with E-state index in [0.29, 0.717) is 18.8 Å². The first-order valence-corrected chi connectivity index (χ1v) is 10.2. The van der Waals surface area contributed by atoms with Crippen molar-refractivity contribution in [3.05, 3.63) is 53.5 Å². The van der Waals surface area contributed by atoms with Gasteiger partial charge in [-0.15, -0.1) is 11.3 Å². The number of amides is 1. The van der Waals surface area contributed by atoms with E-state index in [1.807, 2.05) is 66.6 Å². The standard InChI is InChI=1S/C21H23N3O3S/c1-14-12-23(13-15(2)27-14)21(25)19-11-18(20-5-4-10-28-20)22-24(19)16-6-8-17(26-3)9-7-16/h4-11,14-15H,12-13H2,1-3H3/t14-,15-/m0/s1. The first-order chi connectivity index (χ1) is 13.5. The fourth-order valence-electron chi connectivity index (χ4n) is 3.50. The quantitative estimate of drug-likeness (QED) is 0.671. The summed E-state index contributed by atoms with van der Waals surface area (Å²) < 4.78 is 12.8. The number of hydrogen-bond acceptors (Lipinski definition) is 5. The van der Waals surface area contributed by atoms with Crippen molar-refractivity contribution in [1.82, 2.24) is 14.7 Å². The highest BCUT2D eigenvalue weighted by molar-refractivity contribution is 7.13. The molecular formula is C21H23N3O3S. The maximum Gasteiger partial charge on any atom is 0.272 e. The average molecular weight is 398 g/mol. The smallest absolute Gasteiger partial charge is 0.272 e. The molecular weight excluding hydrogens is 374 g/mol. The number of aromatic nitrogens is 2. The lowest BCUT2D eigenvalue weighted by atomic mass is 10.2. The molecule has 1 aliphatic heterocycles. The average Bonchev–Trinajstić information content (AvgIpc) is 3.36. The first kappa shape index (κ1) is 18.7. The molecule has 1 fully saturated rings. The minimum Gasteiger partial charge on any atom is -0.497 e. The number of nitrogens with zero attached hydrogens (tertiary/aromatic N) is 3. The molecule has 3 aromatic rings. The van der Waals surface area contributed by atoms with Gasteiger partial charge in [-0.25, -0.2) is 4.68 Å². The van der Waals surface area contributed by atoms with E-state index < -0.39 is 0 Å². The topological polar surface area (TPSA) is 56.6 Å². The Hall–Kier alpha value is -2.64. The highest BCUT2D eigenvalue weighted by Gasteiger charge is 2.29. The van der Waals surface area contributed by atoms with Crippen LogP contribution in [0.1, 0.15) is 24.3 Å². The van der Waals surface area contributed by atoms with Gasteiger partial charge in [-0.3, -0.25) is 4.79 Å². The van der Waals surface area contributed by atoms with Gasteiger partial charge < -0.3 is 14.4 Å². The number of carbonyl (C=O) groups excluding carboxylic acids is 1. The van der Waals surface area contributed by atoms with Crippen molar-refractivity contribution in [2.45, 2.75) is 26.1 Å². The van der Waals surface area contributed by atoms with E-state index in [9.17, 15) is 4.79 Å². The van der Waals surface area contributed by atoms with Crippen molar-refractivity contribution in [3.63, 3.8) is 0 Å². The molecule has 0 spiro atoms. The molecule has 1 aromatic carbocycles. The maximum atomic E-state index is 13.4. The summed E-state index contributed by atoms with van der Waals surface area (Å²) in [6.45, 7) is 5.14. The summed E-state index contributed by atoms with van der Waals surface area (Å²) in [6, 6.07) is 13.4. The first-order valence-electron chi connectivity index (χ1n) is 9.28. The molecule has 1 aliphatic rings. The predicted octanol–water partition coefficient (Wildman–Crippen LogP) is 3.86. The lowest BCUT2D eigenvalue weighted by Gasteiger charge is -2.35. The molecule has 7 heteroatoms. The van der Waals surface area contributed by atoms with Gasteiger partial charge in [-0.2, -0.15) is 5.10 Å². The Morgan fingerprint density at radius 2 is 1.89 bits per heavy atom. The van der Waals surface area contributed by atoms with Crippen LogP contribution in [0.3, 0.4) is 0 Å². The summed E-state index contributed by atoms with van der Waals surface area (Å²) in [5.74, 6) is 0.728. The molecule has 1 saturated heterocycles. The molecule has 0 N–H and O–H groups in total. The van der Waals surface area contributed by atoms with Gasteiger partial charge in [0, 0.05) is 13.1 Å². The summed E-state index contributed by atoms with van der Waals surface area (Å²) in [4.78, 5) is 16.3.